The van der Waals surface area contributed by atoms with Crippen molar-refractivity contribution >= 4 is 5.82 Å². The van der Waals surface area contributed by atoms with Gasteiger partial charge in [0.05, 0.1) is 0 Å². The van der Waals surface area contributed by atoms with Gasteiger partial charge in [0, 0.05) is 20.3 Å². The minimum absolute atomic E-state index is 1.00. The van der Waals surface area contributed by atoms with Crippen LogP contribution in [0.15, 0.2) is 18.3 Å². The number of anilines is 1. The first-order valence-electron chi connectivity index (χ1n) is 4.51. The standard InChI is InChI=1S/C10H17N3/c1-11-7-6-9-4-5-10(12-8-9)13(2)3/h4-5,8,11H,6-7H2,1-3H3. The Bertz CT molecular complexity index is 241. The van der Waals surface area contributed by atoms with E-state index in [1.807, 2.05) is 38.3 Å². The Kier molecular flexibility index (Phi) is 3.71. The maximum atomic E-state index is 4.33. The summed E-state index contributed by atoms with van der Waals surface area (Å²) in [6, 6.07) is 4.17. The van der Waals surface area contributed by atoms with Gasteiger partial charge in [0.2, 0.25) is 0 Å². The average Bonchev–Trinajstić information content (AvgIpc) is 2.15. The van der Waals surface area contributed by atoms with Gasteiger partial charge in [-0.3, -0.25) is 0 Å². The molecule has 13 heavy (non-hydrogen) atoms. The van der Waals surface area contributed by atoms with Gasteiger partial charge in [-0.2, -0.15) is 0 Å². The summed E-state index contributed by atoms with van der Waals surface area (Å²) in [4.78, 5) is 6.33. The van der Waals surface area contributed by atoms with E-state index in [9.17, 15) is 0 Å². The maximum Gasteiger partial charge on any atom is 0.127 e. The second-order valence-corrected chi connectivity index (χ2v) is 3.27. The smallest absolute Gasteiger partial charge is 0.127 e. The lowest BCUT2D eigenvalue weighted by Gasteiger charge is -2.10. The third-order valence-electron chi connectivity index (χ3n) is 1.93. The first-order valence-corrected chi connectivity index (χ1v) is 4.51. The highest BCUT2D eigenvalue weighted by atomic mass is 15.1. The van der Waals surface area contributed by atoms with Crippen molar-refractivity contribution < 1.29 is 0 Å². The molecule has 3 heteroatoms. The third-order valence-corrected chi connectivity index (χ3v) is 1.93. The van der Waals surface area contributed by atoms with E-state index in [-0.39, 0.29) is 0 Å². The molecule has 3 nitrogen and oxygen atoms in total. The molecule has 0 spiro atoms. The first-order chi connectivity index (χ1) is 6.24. The van der Waals surface area contributed by atoms with Crippen LogP contribution in [-0.4, -0.2) is 32.7 Å². The van der Waals surface area contributed by atoms with Crippen LogP contribution in [0.3, 0.4) is 0 Å². The molecule has 1 aromatic rings. The Balaban J connectivity index is 2.59. The summed E-state index contributed by atoms with van der Waals surface area (Å²) < 4.78 is 0. The van der Waals surface area contributed by atoms with E-state index in [1.165, 1.54) is 5.56 Å². The molecule has 0 bridgehead atoms. The number of rotatable bonds is 4. The van der Waals surface area contributed by atoms with Crippen LogP contribution >= 0.6 is 0 Å². The van der Waals surface area contributed by atoms with E-state index in [0.29, 0.717) is 0 Å². The molecule has 0 atom stereocenters. The SMILES string of the molecule is CNCCc1ccc(N(C)C)nc1. The molecule has 0 saturated heterocycles. The largest absolute Gasteiger partial charge is 0.363 e. The summed E-state index contributed by atoms with van der Waals surface area (Å²) >= 11 is 0. The highest BCUT2D eigenvalue weighted by Crippen LogP contribution is 2.07. The highest BCUT2D eigenvalue weighted by molar-refractivity contribution is 5.37. The van der Waals surface area contributed by atoms with Crippen molar-refractivity contribution in [3.63, 3.8) is 0 Å². The molecular weight excluding hydrogens is 162 g/mol. The Morgan fingerprint density at radius 1 is 1.38 bits per heavy atom. The zero-order valence-corrected chi connectivity index (χ0v) is 8.54. The van der Waals surface area contributed by atoms with E-state index in [4.69, 9.17) is 0 Å². The molecule has 72 valence electrons. The molecule has 0 radical (unpaired) electrons. The topological polar surface area (TPSA) is 28.2 Å². The van der Waals surface area contributed by atoms with E-state index >= 15 is 0 Å². The van der Waals surface area contributed by atoms with Crippen molar-refractivity contribution in [3.05, 3.63) is 23.9 Å². The molecule has 1 N–H and O–H groups in total. The van der Waals surface area contributed by atoms with Crippen LogP contribution in [0.4, 0.5) is 5.82 Å². The predicted octanol–water partition coefficient (Wildman–Crippen LogP) is 0.909. The van der Waals surface area contributed by atoms with Crippen LogP contribution in [0.1, 0.15) is 5.56 Å². The van der Waals surface area contributed by atoms with Crippen LogP contribution in [0.25, 0.3) is 0 Å². The number of nitrogens with zero attached hydrogens (tertiary/aromatic N) is 2. The molecule has 0 amide bonds. The Morgan fingerprint density at radius 3 is 2.62 bits per heavy atom. The number of pyridine rings is 1. The van der Waals surface area contributed by atoms with Crippen LogP contribution in [0, 0.1) is 0 Å². The third kappa shape index (κ3) is 3.03. The van der Waals surface area contributed by atoms with Gasteiger partial charge in [-0.25, -0.2) is 4.98 Å². The predicted molar refractivity (Wildman–Crippen MR) is 56.2 cm³/mol. The number of hydrogen-bond acceptors (Lipinski definition) is 3. The van der Waals surface area contributed by atoms with Gasteiger partial charge < -0.3 is 10.2 Å². The van der Waals surface area contributed by atoms with E-state index in [2.05, 4.69) is 16.4 Å². The fourth-order valence-corrected chi connectivity index (χ4v) is 1.10. The minimum atomic E-state index is 1.00. The van der Waals surface area contributed by atoms with E-state index < -0.39 is 0 Å². The van der Waals surface area contributed by atoms with Crippen LogP contribution in [0.5, 0.6) is 0 Å². The van der Waals surface area contributed by atoms with E-state index in [0.717, 1.165) is 18.8 Å². The molecule has 0 aliphatic carbocycles. The molecule has 1 heterocycles. The number of aromatic nitrogens is 1. The summed E-state index contributed by atoms with van der Waals surface area (Å²) in [6.07, 6.45) is 2.98. The second kappa shape index (κ2) is 4.82. The van der Waals surface area contributed by atoms with Crippen molar-refractivity contribution in [3.8, 4) is 0 Å². The molecule has 0 aliphatic rings. The van der Waals surface area contributed by atoms with Crippen molar-refractivity contribution in [1.29, 1.82) is 0 Å². The Hall–Kier alpha value is -1.09. The van der Waals surface area contributed by atoms with Gasteiger partial charge >= 0.3 is 0 Å². The van der Waals surface area contributed by atoms with Crippen molar-refractivity contribution in [1.82, 2.24) is 10.3 Å². The highest BCUT2D eigenvalue weighted by Gasteiger charge is 1.96. The maximum absolute atomic E-state index is 4.33. The summed E-state index contributed by atoms with van der Waals surface area (Å²) in [5.41, 5.74) is 1.28. The van der Waals surface area contributed by atoms with Gasteiger partial charge in [-0.15, -0.1) is 0 Å². The molecule has 0 unspecified atom stereocenters. The van der Waals surface area contributed by atoms with Gasteiger partial charge in [0.1, 0.15) is 5.82 Å². The molecule has 0 aromatic carbocycles. The molecule has 1 rings (SSSR count). The van der Waals surface area contributed by atoms with Gasteiger partial charge in [0.25, 0.3) is 0 Å². The molecular formula is C10H17N3. The minimum Gasteiger partial charge on any atom is -0.363 e. The summed E-state index contributed by atoms with van der Waals surface area (Å²) in [7, 11) is 5.95. The second-order valence-electron chi connectivity index (χ2n) is 3.27. The van der Waals surface area contributed by atoms with Crippen LogP contribution in [0.2, 0.25) is 0 Å². The number of hydrogen-bond donors (Lipinski definition) is 1. The lowest BCUT2D eigenvalue weighted by Crippen LogP contribution is -2.12. The molecule has 0 fully saturated rings. The average molecular weight is 179 g/mol. The zero-order valence-electron chi connectivity index (χ0n) is 8.54. The summed E-state index contributed by atoms with van der Waals surface area (Å²) in [6.45, 7) is 1.00. The molecule has 1 aromatic heterocycles. The quantitative estimate of drug-likeness (QED) is 0.744. The first kappa shape index (κ1) is 9.99. The van der Waals surface area contributed by atoms with Crippen molar-refractivity contribution in [2.75, 3.05) is 32.6 Å². The lowest BCUT2D eigenvalue weighted by molar-refractivity contribution is 0.789. The Labute approximate surface area is 79.8 Å². The summed E-state index contributed by atoms with van der Waals surface area (Å²) in [5, 5.41) is 3.12. The fourth-order valence-electron chi connectivity index (χ4n) is 1.10. The van der Waals surface area contributed by atoms with Gasteiger partial charge in [0.15, 0.2) is 0 Å². The van der Waals surface area contributed by atoms with Gasteiger partial charge in [-0.05, 0) is 31.6 Å². The normalized spacial score (nSPS) is 10.1. The molecule has 0 saturated carbocycles. The van der Waals surface area contributed by atoms with Crippen LogP contribution in [-0.2, 0) is 6.42 Å². The zero-order chi connectivity index (χ0) is 9.68. The van der Waals surface area contributed by atoms with E-state index in [1.54, 1.807) is 0 Å². The number of nitrogens with one attached hydrogen (secondary N) is 1. The lowest BCUT2D eigenvalue weighted by atomic mass is 10.2. The van der Waals surface area contributed by atoms with Crippen molar-refractivity contribution in [2.24, 2.45) is 0 Å². The monoisotopic (exact) mass is 179 g/mol. The molecule has 0 aliphatic heterocycles. The van der Waals surface area contributed by atoms with Crippen LogP contribution < -0.4 is 10.2 Å². The number of likely N-dealkylation sites (N-methyl/N-ethyl adjacent to an activating group) is 1. The fraction of sp³-hybridized carbons (Fsp3) is 0.500. The van der Waals surface area contributed by atoms with Gasteiger partial charge in [-0.1, -0.05) is 6.07 Å². The Morgan fingerprint density at radius 2 is 2.15 bits per heavy atom. The van der Waals surface area contributed by atoms with Crippen molar-refractivity contribution in [2.45, 2.75) is 6.42 Å². The summed E-state index contributed by atoms with van der Waals surface area (Å²) in [5.74, 6) is 1.01.